The summed E-state index contributed by atoms with van der Waals surface area (Å²) in [5, 5.41) is 52.1. The van der Waals surface area contributed by atoms with Crippen LogP contribution in [-0.4, -0.2) is 113 Å². The number of hydrogen-bond acceptors (Lipinski definition) is 12. The van der Waals surface area contributed by atoms with Crippen molar-refractivity contribution < 1.29 is 61.6 Å². The van der Waals surface area contributed by atoms with Crippen molar-refractivity contribution >= 4 is 10.4 Å². The Morgan fingerprint density at radius 2 is 1.07 bits per heavy atom. The van der Waals surface area contributed by atoms with E-state index in [0.29, 0.717) is 6.42 Å². The van der Waals surface area contributed by atoms with E-state index in [2.05, 4.69) is 11.1 Å². The molecule has 0 spiro atoms. The molecule has 0 aromatic carbocycles. The third-order valence-corrected chi connectivity index (χ3v) is 9.46. The number of ether oxygens (including phenoxy) is 4. The molecule has 2 aliphatic rings. The predicted molar refractivity (Wildman–Crippen MR) is 170 cm³/mol. The van der Waals surface area contributed by atoms with Gasteiger partial charge in [0.15, 0.2) is 12.6 Å². The van der Waals surface area contributed by atoms with Gasteiger partial charge < -0.3 is 44.5 Å². The lowest BCUT2D eigenvalue weighted by Crippen LogP contribution is -2.63. The molecule has 2 aliphatic heterocycles. The molecule has 0 saturated carbocycles. The molecule has 274 valence electrons. The summed E-state index contributed by atoms with van der Waals surface area (Å²) in [6.07, 6.45) is 5.39. The van der Waals surface area contributed by atoms with Gasteiger partial charge in [0.05, 0.1) is 24.9 Å². The second-order valence-corrected chi connectivity index (χ2v) is 14.1. The molecule has 2 fully saturated rings. The van der Waals surface area contributed by atoms with Gasteiger partial charge in [0, 0.05) is 0 Å². The summed E-state index contributed by atoms with van der Waals surface area (Å²) in [5.41, 5.74) is 0. The maximum absolute atomic E-state index is 10.9. The van der Waals surface area contributed by atoms with Crippen LogP contribution < -0.4 is 0 Å². The highest BCUT2D eigenvalue weighted by molar-refractivity contribution is 7.80. The first kappa shape index (κ1) is 41.7. The summed E-state index contributed by atoms with van der Waals surface area (Å²) in [6.45, 7) is 5.33. The van der Waals surface area contributed by atoms with Crippen molar-refractivity contribution in [3.63, 3.8) is 0 Å². The molecular weight excluding hydrogens is 624 g/mol. The minimum Gasteiger partial charge on any atom is -0.388 e. The standard InChI is InChI=1S/C32H62O13S/c1-4-5-19-24(20-17-15-13-11-9-7-6-8-10-12-14-16-18-21-41-46(38,39)40)44-32-30(28(36)26(34)23(3)43-32)45-31-29(37)27(35)25(33)22(2)42-31/h22-37H,4-21H2,1-3H3,(H,38,39,40). The first-order valence-electron chi connectivity index (χ1n) is 17.5. The van der Waals surface area contributed by atoms with Gasteiger partial charge in [0.25, 0.3) is 0 Å². The molecule has 2 rings (SSSR count). The van der Waals surface area contributed by atoms with E-state index in [9.17, 15) is 34.0 Å². The van der Waals surface area contributed by atoms with E-state index in [1.807, 2.05) is 0 Å². The molecule has 2 heterocycles. The third-order valence-electron chi connectivity index (χ3n) is 8.99. The van der Waals surface area contributed by atoms with E-state index in [0.717, 1.165) is 64.2 Å². The first-order valence-corrected chi connectivity index (χ1v) is 18.9. The fraction of sp³-hybridized carbons (Fsp3) is 1.00. The van der Waals surface area contributed by atoms with Gasteiger partial charge in [0.1, 0.15) is 36.6 Å². The molecule has 0 radical (unpaired) electrons. The van der Waals surface area contributed by atoms with E-state index in [1.165, 1.54) is 38.5 Å². The van der Waals surface area contributed by atoms with Crippen LogP contribution in [0.5, 0.6) is 0 Å². The minimum atomic E-state index is -4.32. The molecule has 14 heteroatoms. The first-order chi connectivity index (χ1) is 21.9. The third kappa shape index (κ3) is 15.4. The highest BCUT2D eigenvalue weighted by Crippen LogP contribution is 2.31. The molecule has 11 unspecified atom stereocenters. The lowest BCUT2D eigenvalue weighted by molar-refractivity contribution is -0.366. The predicted octanol–water partition coefficient (Wildman–Crippen LogP) is 3.52. The second kappa shape index (κ2) is 22.3. The highest BCUT2D eigenvalue weighted by Gasteiger charge is 2.50. The highest BCUT2D eigenvalue weighted by atomic mass is 32.3. The van der Waals surface area contributed by atoms with Crippen LogP contribution in [0.25, 0.3) is 0 Å². The molecule has 0 bridgehead atoms. The van der Waals surface area contributed by atoms with Crippen molar-refractivity contribution in [2.45, 2.75) is 197 Å². The SMILES string of the molecule is CCCCC(CCCCCCCCCCCCCCCOS(=O)(=O)O)OC1OC(C)C(O)C(O)C1OC1OC(C)C(O)C(O)C1O. The Kier molecular flexibility index (Phi) is 20.2. The number of rotatable bonds is 24. The van der Waals surface area contributed by atoms with Crippen LogP contribution in [-0.2, 0) is 33.5 Å². The lowest BCUT2D eigenvalue weighted by atomic mass is 9.97. The maximum atomic E-state index is 10.9. The van der Waals surface area contributed by atoms with Gasteiger partial charge in [-0.05, 0) is 33.1 Å². The number of unbranched alkanes of at least 4 members (excludes halogenated alkanes) is 13. The Morgan fingerprint density at radius 1 is 0.609 bits per heavy atom. The zero-order valence-electron chi connectivity index (χ0n) is 28.0. The van der Waals surface area contributed by atoms with E-state index < -0.39 is 71.8 Å². The average Bonchev–Trinajstić information content (AvgIpc) is 3.00. The Labute approximate surface area is 275 Å². The summed E-state index contributed by atoms with van der Waals surface area (Å²) in [4.78, 5) is 0. The molecule has 13 nitrogen and oxygen atoms in total. The van der Waals surface area contributed by atoms with Crippen LogP contribution in [0.4, 0.5) is 0 Å². The van der Waals surface area contributed by atoms with Crippen LogP contribution in [0.3, 0.4) is 0 Å². The zero-order valence-corrected chi connectivity index (χ0v) is 28.8. The summed E-state index contributed by atoms with van der Waals surface area (Å²) in [6, 6.07) is 0. The topological polar surface area (TPSA) is 202 Å². The van der Waals surface area contributed by atoms with Crippen LogP contribution in [0, 0.1) is 0 Å². The largest absolute Gasteiger partial charge is 0.397 e. The summed E-state index contributed by atoms with van der Waals surface area (Å²) < 4.78 is 57.6. The maximum Gasteiger partial charge on any atom is 0.397 e. The monoisotopic (exact) mass is 686 g/mol. The Bertz CT molecular complexity index is 893. The molecule has 0 aromatic rings. The van der Waals surface area contributed by atoms with E-state index >= 15 is 0 Å². The second-order valence-electron chi connectivity index (χ2n) is 13.0. The summed E-state index contributed by atoms with van der Waals surface area (Å²) in [7, 11) is -4.32. The summed E-state index contributed by atoms with van der Waals surface area (Å²) in [5.74, 6) is 0. The molecule has 2 saturated heterocycles. The van der Waals surface area contributed by atoms with Gasteiger partial charge in [-0.15, -0.1) is 0 Å². The molecule has 46 heavy (non-hydrogen) atoms. The van der Waals surface area contributed by atoms with Gasteiger partial charge in [-0.3, -0.25) is 4.55 Å². The van der Waals surface area contributed by atoms with Crippen molar-refractivity contribution in [3.8, 4) is 0 Å². The lowest BCUT2D eigenvalue weighted by Gasteiger charge is -2.46. The van der Waals surface area contributed by atoms with Crippen molar-refractivity contribution in [1.82, 2.24) is 0 Å². The van der Waals surface area contributed by atoms with Crippen molar-refractivity contribution in [2.75, 3.05) is 6.61 Å². The quantitative estimate of drug-likeness (QED) is 0.0637. The van der Waals surface area contributed by atoms with Gasteiger partial charge >= 0.3 is 10.4 Å². The normalized spacial score (nSPS) is 32.9. The average molecular weight is 687 g/mol. The molecule has 0 amide bonds. The number of aliphatic hydroxyl groups is 5. The number of aliphatic hydroxyl groups excluding tert-OH is 5. The van der Waals surface area contributed by atoms with E-state index in [4.69, 9.17) is 23.5 Å². The minimum absolute atomic E-state index is 0.0327. The van der Waals surface area contributed by atoms with E-state index in [1.54, 1.807) is 13.8 Å². The fourth-order valence-electron chi connectivity index (χ4n) is 6.02. The van der Waals surface area contributed by atoms with Gasteiger partial charge in [0.2, 0.25) is 0 Å². The molecular formula is C32H62O13S. The van der Waals surface area contributed by atoms with Crippen LogP contribution in [0.1, 0.15) is 130 Å². The van der Waals surface area contributed by atoms with Crippen LogP contribution in [0.2, 0.25) is 0 Å². The van der Waals surface area contributed by atoms with E-state index in [-0.39, 0.29) is 12.7 Å². The number of hydrogen-bond donors (Lipinski definition) is 6. The summed E-state index contributed by atoms with van der Waals surface area (Å²) >= 11 is 0. The zero-order chi connectivity index (χ0) is 34.1. The Hall–Kier alpha value is -0.490. The molecule has 0 aromatic heterocycles. The van der Waals surface area contributed by atoms with Crippen LogP contribution in [0.15, 0.2) is 0 Å². The Morgan fingerprint density at radius 3 is 1.59 bits per heavy atom. The van der Waals surface area contributed by atoms with Crippen molar-refractivity contribution in [1.29, 1.82) is 0 Å². The van der Waals surface area contributed by atoms with Gasteiger partial charge in [-0.1, -0.05) is 96.8 Å². The molecule has 0 aliphatic carbocycles. The van der Waals surface area contributed by atoms with Crippen molar-refractivity contribution in [3.05, 3.63) is 0 Å². The smallest absolute Gasteiger partial charge is 0.388 e. The molecule has 6 N–H and O–H groups in total. The Balaban J connectivity index is 1.69. The molecule has 11 atom stereocenters. The van der Waals surface area contributed by atoms with Gasteiger partial charge in [-0.25, -0.2) is 4.18 Å². The van der Waals surface area contributed by atoms with Gasteiger partial charge in [-0.2, -0.15) is 8.42 Å². The fourth-order valence-corrected chi connectivity index (χ4v) is 6.35. The van der Waals surface area contributed by atoms with Crippen molar-refractivity contribution in [2.24, 2.45) is 0 Å². The van der Waals surface area contributed by atoms with Crippen LogP contribution >= 0.6 is 0 Å².